The summed E-state index contributed by atoms with van der Waals surface area (Å²) in [6.07, 6.45) is 0. The van der Waals surface area contributed by atoms with Gasteiger partial charge in [-0.25, -0.2) is 13.6 Å². The summed E-state index contributed by atoms with van der Waals surface area (Å²) >= 11 is 0. The van der Waals surface area contributed by atoms with Crippen LogP contribution < -0.4 is 0 Å². The van der Waals surface area contributed by atoms with Gasteiger partial charge in [-0.15, -0.1) is 0 Å². The average molecular weight is 264 g/mol. The molecule has 0 amide bonds. The Morgan fingerprint density at radius 3 is 2.47 bits per heavy atom. The summed E-state index contributed by atoms with van der Waals surface area (Å²) in [6, 6.07) is 6.77. The van der Waals surface area contributed by atoms with Crippen LogP contribution in [0, 0.1) is 11.6 Å². The maximum atomic E-state index is 13.6. The molecule has 0 saturated carbocycles. The number of carbonyl (C=O) groups excluding carboxylic acids is 1. The van der Waals surface area contributed by atoms with Crippen LogP contribution in [0.2, 0.25) is 0 Å². The van der Waals surface area contributed by atoms with Crippen molar-refractivity contribution >= 4 is 5.97 Å². The maximum Gasteiger partial charge on any atom is 0.337 e. The van der Waals surface area contributed by atoms with Crippen LogP contribution in [0.15, 0.2) is 36.4 Å². The normalized spacial score (nSPS) is 10.3. The third-order valence-corrected chi connectivity index (χ3v) is 2.64. The standard InChI is InChI=1S/C14H10F2O3/c1-19-14(18)8-2-4-10(13(17)6-8)11-7-9(15)3-5-12(11)16/h2-7,17H,1H3. The van der Waals surface area contributed by atoms with Crippen molar-refractivity contribution in [2.75, 3.05) is 7.11 Å². The summed E-state index contributed by atoms with van der Waals surface area (Å²) in [6.45, 7) is 0. The lowest BCUT2D eigenvalue weighted by molar-refractivity contribution is 0.0600. The Balaban J connectivity index is 2.52. The van der Waals surface area contributed by atoms with Crippen LogP contribution in [0.1, 0.15) is 10.4 Å². The molecule has 2 rings (SSSR count). The summed E-state index contributed by atoms with van der Waals surface area (Å²) in [5.74, 6) is -2.23. The van der Waals surface area contributed by atoms with Crippen molar-refractivity contribution in [1.82, 2.24) is 0 Å². The second-order valence-corrected chi connectivity index (χ2v) is 3.85. The van der Waals surface area contributed by atoms with Gasteiger partial charge in [-0.05, 0) is 36.4 Å². The second-order valence-electron chi connectivity index (χ2n) is 3.85. The van der Waals surface area contributed by atoms with E-state index in [-0.39, 0.29) is 22.4 Å². The third kappa shape index (κ3) is 2.54. The van der Waals surface area contributed by atoms with Gasteiger partial charge in [-0.1, -0.05) is 0 Å². The molecule has 1 N–H and O–H groups in total. The fourth-order valence-corrected chi connectivity index (χ4v) is 1.71. The van der Waals surface area contributed by atoms with Gasteiger partial charge in [0.25, 0.3) is 0 Å². The average Bonchev–Trinajstić information content (AvgIpc) is 2.41. The molecular weight excluding hydrogens is 254 g/mol. The van der Waals surface area contributed by atoms with Gasteiger partial charge >= 0.3 is 5.97 Å². The summed E-state index contributed by atoms with van der Waals surface area (Å²) in [7, 11) is 1.21. The Kier molecular flexibility index (Phi) is 3.46. The van der Waals surface area contributed by atoms with E-state index in [1.54, 1.807) is 0 Å². The first-order valence-electron chi connectivity index (χ1n) is 5.39. The van der Waals surface area contributed by atoms with Crippen molar-refractivity contribution in [3.8, 4) is 16.9 Å². The van der Waals surface area contributed by atoms with Crippen molar-refractivity contribution in [2.24, 2.45) is 0 Å². The number of ether oxygens (including phenoxy) is 1. The zero-order valence-corrected chi connectivity index (χ0v) is 9.98. The molecule has 0 bridgehead atoms. The summed E-state index contributed by atoms with van der Waals surface area (Å²) in [4.78, 5) is 11.3. The van der Waals surface area contributed by atoms with Gasteiger partial charge in [0.1, 0.15) is 17.4 Å². The molecule has 5 heteroatoms. The van der Waals surface area contributed by atoms with Crippen LogP contribution in [0.4, 0.5) is 8.78 Å². The number of phenolic OH excluding ortho intramolecular Hbond substituents is 1. The number of esters is 1. The van der Waals surface area contributed by atoms with E-state index >= 15 is 0 Å². The van der Waals surface area contributed by atoms with E-state index in [4.69, 9.17) is 0 Å². The van der Waals surface area contributed by atoms with Crippen molar-refractivity contribution in [3.05, 3.63) is 53.6 Å². The fourth-order valence-electron chi connectivity index (χ4n) is 1.71. The van der Waals surface area contributed by atoms with E-state index < -0.39 is 17.6 Å². The van der Waals surface area contributed by atoms with Crippen LogP contribution in [-0.4, -0.2) is 18.2 Å². The number of phenols is 1. The van der Waals surface area contributed by atoms with E-state index in [1.807, 2.05) is 0 Å². The highest BCUT2D eigenvalue weighted by molar-refractivity contribution is 5.91. The molecule has 0 radical (unpaired) electrons. The summed E-state index contributed by atoms with van der Waals surface area (Å²) in [5.41, 5.74) is 0.152. The first-order chi connectivity index (χ1) is 9.02. The minimum atomic E-state index is -0.664. The number of methoxy groups -OCH3 is 1. The van der Waals surface area contributed by atoms with Crippen molar-refractivity contribution in [1.29, 1.82) is 0 Å². The van der Waals surface area contributed by atoms with Crippen LogP contribution in [0.5, 0.6) is 5.75 Å². The number of hydrogen-bond donors (Lipinski definition) is 1. The van der Waals surface area contributed by atoms with Gasteiger partial charge < -0.3 is 9.84 Å². The molecule has 0 heterocycles. The van der Waals surface area contributed by atoms with E-state index in [2.05, 4.69) is 4.74 Å². The zero-order valence-electron chi connectivity index (χ0n) is 9.98. The Morgan fingerprint density at radius 2 is 1.84 bits per heavy atom. The van der Waals surface area contributed by atoms with Gasteiger partial charge in [0.05, 0.1) is 12.7 Å². The van der Waals surface area contributed by atoms with Crippen molar-refractivity contribution in [2.45, 2.75) is 0 Å². The third-order valence-electron chi connectivity index (χ3n) is 2.64. The topological polar surface area (TPSA) is 46.5 Å². The highest BCUT2D eigenvalue weighted by Crippen LogP contribution is 2.32. The van der Waals surface area contributed by atoms with E-state index in [0.29, 0.717) is 0 Å². The molecule has 0 spiro atoms. The lowest BCUT2D eigenvalue weighted by Crippen LogP contribution is -2.00. The molecule has 98 valence electrons. The monoisotopic (exact) mass is 264 g/mol. The van der Waals surface area contributed by atoms with Gasteiger partial charge in [-0.3, -0.25) is 0 Å². The van der Waals surface area contributed by atoms with Crippen LogP contribution in [0.25, 0.3) is 11.1 Å². The molecule has 0 fully saturated rings. The maximum absolute atomic E-state index is 13.6. The first-order valence-corrected chi connectivity index (χ1v) is 5.39. The lowest BCUT2D eigenvalue weighted by Gasteiger charge is -2.08. The highest BCUT2D eigenvalue weighted by Gasteiger charge is 2.14. The molecule has 0 aliphatic heterocycles. The quantitative estimate of drug-likeness (QED) is 0.848. The Hall–Kier alpha value is -2.43. The minimum absolute atomic E-state index is 0.0751. The van der Waals surface area contributed by atoms with Crippen LogP contribution in [0.3, 0.4) is 0 Å². The number of rotatable bonds is 2. The van der Waals surface area contributed by atoms with Gasteiger partial charge in [0, 0.05) is 11.1 Å². The number of halogens is 2. The van der Waals surface area contributed by atoms with E-state index in [9.17, 15) is 18.7 Å². The number of benzene rings is 2. The minimum Gasteiger partial charge on any atom is -0.507 e. The number of carbonyl (C=O) groups is 1. The Bertz CT molecular complexity index is 639. The fraction of sp³-hybridized carbons (Fsp3) is 0.0714. The molecule has 0 atom stereocenters. The molecule has 3 nitrogen and oxygen atoms in total. The molecule has 0 aromatic heterocycles. The molecule has 0 aliphatic rings. The van der Waals surface area contributed by atoms with Gasteiger partial charge in [0.2, 0.25) is 0 Å². The van der Waals surface area contributed by atoms with Gasteiger partial charge in [-0.2, -0.15) is 0 Å². The predicted octanol–water partition coefficient (Wildman–Crippen LogP) is 3.12. The number of aromatic hydroxyl groups is 1. The molecule has 2 aromatic rings. The zero-order chi connectivity index (χ0) is 14.0. The molecular formula is C14H10F2O3. The van der Waals surface area contributed by atoms with Gasteiger partial charge in [0.15, 0.2) is 0 Å². The first kappa shape index (κ1) is 13.0. The summed E-state index contributed by atoms with van der Waals surface area (Å²) < 4.78 is 31.2. The van der Waals surface area contributed by atoms with Crippen LogP contribution in [-0.2, 0) is 4.74 Å². The number of hydrogen-bond acceptors (Lipinski definition) is 3. The molecule has 0 aliphatic carbocycles. The van der Waals surface area contributed by atoms with E-state index in [1.165, 1.54) is 19.2 Å². The van der Waals surface area contributed by atoms with Crippen molar-refractivity contribution < 1.29 is 23.4 Å². The van der Waals surface area contributed by atoms with E-state index in [0.717, 1.165) is 24.3 Å². The Labute approximate surface area is 108 Å². The Morgan fingerprint density at radius 1 is 1.11 bits per heavy atom. The molecule has 0 unspecified atom stereocenters. The molecule has 19 heavy (non-hydrogen) atoms. The smallest absolute Gasteiger partial charge is 0.337 e. The second kappa shape index (κ2) is 5.06. The van der Waals surface area contributed by atoms with Crippen LogP contribution >= 0.6 is 0 Å². The predicted molar refractivity (Wildman–Crippen MR) is 64.8 cm³/mol. The molecule has 0 saturated heterocycles. The largest absolute Gasteiger partial charge is 0.507 e. The lowest BCUT2D eigenvalue weighted by atomic mass is 10.0. The molecule has 2 aromatic carbocycles. The van der Waals surface area contributed by atoms with Crippen molar-refractivity contribution in [3.63, 3.8) is 0 Å². The highest BCUT2D eigenvalue weighted by atomic mass is 19.1. The SMILES string of the molecule is COC(=O)c1ccc(-c2cc(F)ccc2F)c(O)c1. The summed E-state index contributed by atoms with van der Waals surface area (Å²) in [5, 5.41) is 9.81.